The third-order valence-electron chi connectivity index (χ3n) is 3.36. The molecule has 0 aliphatic carbocycles. The van der Waals surface area contributed by atoms with E-state index in [4.69, 9.17) is 10.5 Å². The van der Waals surface area contributed by atoms with Crippen molar-refractivity contribution in [1.82, 2.24) is 0 Å². The molecule has 0 radical (unpaired) electrons. The quantitative estimate of drug-likeness (QED) is 0.923. The lowest BCUT2D eigenvalue weighted by Crippen LogP contribution is -2.13. The lowest BCUT2D eigenvalue weighted by Gasteiger charge is -2.17. The van der Waals surface area contributed by atoms with E-state index in [1.54, 1.807) is 7.11 Å². The first kappa shape index (κ1) is 14.1. The van der Waals surface area contributed by atoms with Crippen LogP contribution in [-0.2, 0) is 0 Å². The molecule has 2 N–H and O–H groups in total. The van der Waals surface area contributed by atoms with Gasteiger partial charge in [-0.2, -0.15) is 0 Å². The van der Waals surface area contributed by atoms with Crippen molar-refractivity contribution in [3.05, 3.63) is 63.1 Å². The average Bonchev–Trinajstić information content (AvgIpc) is 2.42. The highest BCUT2D eigenvalue weighted by atomic mass is 79.9. The highest BCUT2D eigenvalue weighted by molar-refractivity contribution is 9.10. The van der Waals surface area contributed by atoms with Crippen LogP contribution in [0, 0.1) is 13.8 Å². The molecule has 0 heterocycles. The standard InChI is InChI=1S/C16H18BrNO/c1-10-9-15(17)11(2)8-14(10)16(18)12-4-6-13(19-3)7-5-12/h4-9,16H,18H2,1-3H3. The van der Waals surface area contributed by atoms with Crippen molar-refractivity contribution in [2.75, 3.05) is 7.11 Å². The Bertz CT molecular complexity index is 578. The molecule has 0 aromatic heterocycles. The van der Waals surface area contributed by atoms with Crippen molar-refractivity contribution in [2.24, 2.45) is 5.73 Å². The van der Waals surface area contributed by atoms with E-state index in [9.17, 15) is 0 Å². The number of aryl methyl sites for hydroxylation is 2. The second-order valence-electron chi connectivity index (χ2n) is 4.71. The van der Waals surface area contributed by atoms with Crippen molar-refractivity contribution in [2.45, 2.75) is 19.9 Å². The number of halogens is 1. The molecule has 0 saturated carbocycles. The van der Waals surface area contributed by atoms with Crippen molar-refractivity contribution >= 4 is 15.9 Å². The normalized spacial score (nSPS) is 12.3. The Morgan fingerprint density at radius 2 is 1.68 bits per heavy atom. The summed E-state index contributed by atoms with van der Waals surface area (Å²) in [6.45, 7) is 4.16. The molecule has 0 amide bonds. The summed E-state index contributed by atoms with van der Waals surface area (Å²) >= 11 is 3.55. The highest BCUT2D eigenvalue weighted by Crippen LogP contribution is 2.28. The third kappa shape index (κ3) is 2.99. The van der Waals surface area contributed by atoms with Gasteiger partial charge in [0.1, 0.15) is 5.75 Å². The Balaban J connectivity index is 2.37. The van der Waals surface area contributed by atoms with Crippen LogP contribution in [0.1, 0.15) is 28.3 Å². The number of ether oxygens (including phenoxy) is 1. The van der Waals surface area contributed by atoms with E-state index >= 15 is 0 Å². The summed E-state index contributed by atoms with van der Waals surface area (Å²) in [4.78, 5) is 0. The van der Waals surface area contributed by atoms with Crippen LogP contribution in [-0.4, -0.2) is 7.11 Å². The summed E-state index contributed by atoms with van der Waals surface area (Å²) in [5, 5.41) is 0. The van der Waals surface area contributed by atoms with Crippen LogP contribution < -0.4 is 10.5 Å². The summed E-state index contributed by atoms with van der Waals surface area (Å²) in [7, 11) is 1.66. The van der Waals surface area contributed by atoms with Gasteiger partial charge < -0.3 is 10.5 Å². The molecule has 0 bridgehead atoms. The molecule has 0 saturated heterocycles. The Kier molecular flexibility index (Phi) is 4.27. The zero-order valence-corrected chi connectivity index (χ0v) is 13.0. The van der Waals surface area contributed by atoms with Crippen LogP contribution in [0.15, 0.2) is 40.9 Å². The van der Waals surface area contributed by atoms with Crippen LogP contribution in [0.5, 0.6) is 5.75 Å². The van der Waals surface area contributed by atoms with Gasteiger partial charge in [-0.05, 0) is 54.3 Å². The molecule has 19 heavy (non-hydrogen) atoms. The average molecular weight is 320 g/mol. The molecule has 0 fully saturated rings. The molecule has 2 nitrogen and oxygen atoms in total. The lowest BCUT2D eigenvalue weighted by atomic mass is 9.94. The fourth-order valence-electron chi connectivity index (χ4n) is 2.13. The van der Waals surface area contributed by atoms with Crippen molar-refractivity contribution in [1.29, 1.82) is 0 Å². The van der Waals surface area contributed by atoms with E-state index in [0.29, 0.717) is 0 Å². The van der Waals surface area contributed by atoms with Crippen LogP contribution in [0.2, 0.25) is 0 Å². The van der Waals surface area contributed by atoms with Gasteiger partial charge in [0.15, 0.2) is 0 Å². The van der Waals surface area contributed by atoms with E-state index in [2.05, 4.69) is 41.9 Å². The van der Waals surface area contributed by atoms with Crippen molar-refractivity contribution in [3.8, 4) is 5.75 Å². The van der Waals surface area contributed by atoms with Crippen molar-refractivity contribution in [3.63, 3.8) is 0 Å². The molecular weight excluding hydrogens is 302 g/mol. The van der Waals surface area contributed by atoms with Gasteiger partial charge >= 0.3 is 0 Å². The lowest BCUT2D eigenvalue weighted by molar-refractivity contribution is 0.414. The molecule has 100 valence electrons. The first-order valence-electron chi connectivity index (χ1n) is 6.19. The van der Waals surface area contributed by atoms with Gasteiger partial charge in [-0.15, -0.1) is 0 Å². The maximum absolute atomic E-state index is 6.37. The molecule has 0 aliphatic rings. The number of methoxy groups -OCH3 is 1. The van der Waals surface area contributed by atoms with Crippen LogP contribution in [0.25, 0.3) is 0 Å². The second kappa shape index (κ2) is 5.76. The third-order valence-corrected chi connectivity index (χ3v) is 4.21. The fraction of sp³-hybridized carbons (Fsp3) is 0.250. The van der Waals surface area contributed by atoms with Gasteiger partial charge in [0.2, 0.25) is 0 Å². The van der Waals surface area contributed by atoms with Crippen LogP contribution in [0.4, 0.5) is 0 Å². The molecular formula is C16H18BrNO. The summed E-state index contributed by atoms with van der Waals surface area (Å²) in [5.74, 6) is 0.847. The SMILES string of the molecule is COc1ccc(C(N)c2cc(C)c(Br)cc2C)cc1. The van der Waals surface area contributed by atoms with E-state index < -0.39 is 0 Å². The van der Waals surface area contributed by atoms with Gasteiger partial charge in [0.25, 0.3) is 0 Å². The zero-order valence-electron chi connectivity index (χ0n) is 11.4. The summed E-state index contributed by atoms with van der Waals surface area (Å²) in [6, 6.07) is 12.1. The molecule has 2 aromatic carbocycles. The monoisotopic (exact) mass is 319 g/mol. The largest absolute Gasteiger partial charge is 0.497 e. The maximum Gasteiger partial charge on any atom is 0.118 e. The minimum absolute atomic E-state index is 0.113. The predicted molar refractivity (Wildman–Crippen MR) is 82.6 cm³/mol. The first-order chi connectivity index (χ1) is 9.02. The Morgan fingerprint density at radius 1 is 1.05 bits per heavy atom. The van der Waals surface area contributed by atoms with Gasteiger partial charge in [-0.1, -0.05) is 34.1 Å². The molecule has 3 heteroatoms. The Labute approximate surface area is 122 Å². The minimum atomic E-state index is -0.113. The zero-order chi connectivity index (χ0) is 14.0. The number of benzene rings is 2. The van der Waals surface area contributed by atoms with Crippen LogP contribution >= 0.6 is 15.9 Å². The second-order valence-corrected chi connectivity index (χ2v) is 5.56. The topological polar surface area (TPSA) is 35.2 Å². The number of rotatable bonds is 3. The van der Waals surface area contributed by atoms with E-state index in [1.807, 2.05) is 24.3 Å². The number of hydrogen-bond donors (Lipinski definition) is 1. The predicted octanol–water partition coefficient (Wildman–Crippen LogP) is 4.12. The summed E-state index contributed by atoms with van der Waals surface area (Å²) < 4.78 is 6.29. The maximum atomic E-state index is 6.37. The van der Waals surface area contributed by atoms with Crippen LogP contribution in [0.3, 0.4) is 0 Å². The molecule has 0 spiro atoms. The Morgan fingerprint density at radius 3 is 2.26 bits per heavy atom. The first-order valence-corrected chi connectivity index (χ1v) is 6.98. The summed E-state index contributed by atoms with van der Waals surface area (Å²) in [6.07, 6.45) is 0. The fourth-order valence-corrected chi connectivity index (χ4v) is 2.59. The van der Waals surface area contributed by atoms with E-state index in [-0.39, 0.29) is 6.04 Å². The Hall–Kier alpha value is -1.32. The number of nitrogens with two attached hydrogens (primary N) is 1. The summed E-state index contributed by atoms with van der Waals surface area (Å²) in [5.41, 5.74) is 11.0. The highest BCUT2D eigenvalue weighted by Gasteiger charge is 2.13. The number of hydrogen-bond acceptors (Lipinski definition) is 2. The molecule has 2 aromatic rings. The van der Waals surface area contributed by atoms with E-state index in [1.165, 1.54) is 11.1 Å². The van der Waals surface area contributed by atoms with Gasteiger partial charge in [-0.25, -0.2) is 0 Å². The van der Waals surface area contributed by atoms with Gasteiger partial charge in [-0.3, -0.25) is 0 Å². The van der Waals surface area contributed by atoms with Gasteiger partial charge in [0.05, 0.1) is 13.2 Å². The molecule has 2 rings (SSSR count). The van der Waals surface area contributed by atoms with E-state index in [0.717, 1.165) is 21.3 Å². The molecule has 0 aliphatic heterocycles. The molecule has 1 atom stereocenters. The molecule has 1 unspecified atom stereocenters. The van der Waals surface area contributed by atoms with Crippen molar-refractivity contribution < 1.29 is 4.74 Å². The van der Waals surface area contributed by atoms with Gasteiger partial charge in [0, 0.05) is 4.47 Å². The smallest absolute Gasteiger partial charge is 0.118 e. The minimum Gasteiger partial charge on any atom is -0.497 e.